The summed E-state index contributed by atoms with van der Waals surface area (Å²) in [5.41, 5.74) is 9.77. The molecule has 16 heavy (non-hydrogen) atoms. The van der Waals surface area contributed by atoms with Crippen LogP contribution in [0, 0.1) is 13.8 Å². The molecule has 84 valence electrons. The van der Waals surface area contributed by atoms with Crippen molar-refractivity contribution in [1.82, 2.24) is 9.78 Å². The first-order valence-corrected chi connectivity index (χ1v) is 5.47. The smallest absolute Gasteiger partial charge is 0.0602 e. The molecule has 2 aromatic rings. The van der Waals surface area contributed by atoms with E-state index in [0.717, 1.165) is 12.1 Å². The summed E-state index contributed by atoms with van der Waals surface area (Å²) in [4.78, 5) is 0. The first-order chi connectivity index (χ1) is 7.66. The number of hydrogen-bond donors (Lipinski definition) is 1. The molecule has 1 heterocycles. The van der Waals surface area contributed by atoms with Gasteiger partial charge in [0.15, 0.2) is 0 Å². The predicted molar refractivity (Wildman–Crippen MR) is 65.1 cm³/mol. The molecule has 0 radical (unpaired) electrons. The van der Waals surface area contributed by atoms with Crippen molar-refractivity contribution >= 4 is 0 Å². The molecule has 0 aliphatic rings. The standard InChI is InChI=1S/C13H17N3/c1-10-7-15-16(8-10)9-13(14)12-6-4-3-5-11(12)2/h3-8,13H,9,14H2,1-2H3. The van der Waals surface area contributed by atoms with Crippen LogP contribution in [0.1, 0.15) is 22.7 Å². The zero-order chi connectivity index (χ0) is 11.5. The Hall–Kier alpha value is -1.61. The Kier molecular flexibility index (Phi) is 3.06. The van der Waals surface area contributed by atoms with Gasteiger partial charge in [0.25, 0.3) is 0 Å². The third-order valence-electron chi connectivity index (χ3n) is 2.73. The van der Waals surface area contributed by atoms with Crippen molar-refractivity contribution in [1.29, 1.82) is 0 Å². The Bertz CT molecular complexity index is 474. The lowest BCUT2D eigenvalue weighted by atomic mass is 10.0. The van der Waals surface area contributed by atoms with Gasteiger partial charge in [-0.25, -0.2) is 0 Å². The summed E-state index contributed by atoms with van der Waals surface area (Å²) in [7, 11) is 0. The fourth-order valence-corrected chi connectivity index (χ4v) is 1.87. The van der Waals surface area contributed by atoms with Gasteiger partial charge < -0.3 is 5.73 Å². The van der Waals surface area contributed by atoms with Crippen molar-refractivity contribution in [3.05, 3.63) is 53.3 Å². The zero-order valence-corrected chi connectivity index (χ0v) is 9.72. The van der Waals surface area contributed by atoms with Crippen molar-refractivity contribution in [2.75, 3.05) is 0 Å². The average molecular weight is 215 g/mol. The molecule has 1 atom stereocenters. The van der Waals surface area contributed by atoms with Crippen molar-refractivity contribution in [2.45, 2.75) is 26.4 Å². The molecule has 0 aliphatic carbocycles. The highest BCUT2D eigenvalue weighted by Gasteiger charge is 2.09. The highest BCUT2D eigenvalue weighted by molar-refractivity contribution is 5.28. The molecule has 0 spiro atoms. The van der Waals surface area contributed by atoms with Crippen molar-refractivity contribution in [3.8, 4) is 0 Å². The third kappa shape index (κ3) is 2.31. The Morgan fingerprint density at radius 1 is 1.31 bits per heavy atom. The van der Waals surface area contributed by atoms with Gasteiger partial charge in [-0.15, -0.1) is 0 Å². The minimum Gasteiger partial charge on any atom is -0.322 e. The molecule has 0 amide bonds. The summed E-state index contributed by atoms with van der Waals surface area (Å²) in [6.07, 6.45) is 3.86. The monoisotopic (exact) mass is 215 g/mol. The molecule has 2 N–H and O–H groups in total. The summed E-state index contributed by atoms with van der Waals surface area (Å²) in [6, 6.07) is 8.22. The lowest BCUT2D eigenvalue weighted by Crippen LogP contribution is -2.18. The first-order valence-electron chi connectivity index (χ1n) is 5.47. The van der Waals surface area contributed by atoms with Crippen LogP contribution in [0.4, 0.5) is 0 Å². The van der Waals surface area contributed by atoms with E-state index in [4.69, 9.17) is 5.73 Å². The maximum absolute atomic E-state index is 6.18. The maximum Gasteiger partial charge on any atom is 0.0602 e. The number of aryl methyl sites for hydroxylation is 2. The predicted octanol–water partition coefficient (Wildman–Crippen LogP) is 2.20. The number of hydrogen-bond acceptors (Lipinski definition) is 2. The van der Waals surface area contributed by atoms with E-state index >= 15 is 0 Å². The van der Waals surface area contributed by atoms with E-state index in [9.17, 15) is 0 Å². The van der Waals surface area contributed by atoms with Gasteiger partial charge in [-0.1, -0.05) is 24.3 Å². The van der Waals surface area contributed by atoms with E-state index in [-0.39, 0.29) is 6.04 Å². The number of nitrogens with two attached hydrogens (primary N) is 1. The second-order valence-electron chi connectivity index (χ2n) is 4.20. The Morgan fingerprint density at radius 2 is 2.06 bits per heavy atom. The molecule has 1 unspecified atom stereocenters. The van der Waals surface area contributed by atoms with Gasteiger partial charge in [0.2, 0.25) is 0 Å². The second kappa shape index (κ2) is 4.49. The molecule has 3 heteroatoms. The van der Waals surface area contributed by atoms with Gasteiger partial charge >= 0.3 is 0 Å². The number of nitrogens with zero attached hydrogens (tertiary/aromatic N) is 2. The highest BCUT2D eigenvalue weighted by Crippen LogP contribution is 2.16. The molecule has 1 aromatic carbocycles. The molecule has 3 nitrogen and oxygen atoms in total. The van der Waals surface area contributed by atoms with Crippen LogP contribution in [-0.4, -0.2) is 9.78 Å². The maximum atomic E-state index is 6.18. The van der Waals surface area contributed by atoms with Crippen LogP contribution in [-0.2, 0) is 6.54 Å². The summed E-state index contributed by atoms with van der Waals surface area (Å²) in [6.45, 7) is 4.84. The Morgan fingerprint density at radius 3 is 2.69 bits per heavy atom. The van der Waals surface area contributed by atoms with Gasteiger partial charge in [0.1, 0.15) is 0 Å². The lowest BCUT2D eigenvalue weighted by Gasteiger charge is -2.14. The van der Waals surface area contributed by atoms with Gasteiger partial charge in [0, 0.05) is 12.2 Å². The van der Waals surface area contributed by atoms with Crippen molar-refractivity contribution in [3.63, 3.8) is 0 Å². The SMILES string of the molecule is Cc1cnn(CC(N)c2ccccc2C)c1. The van der Waals surface area contributed by atoms with Crippen LogP contribution in [0.2, 0.25) is 0 Å². The lowest BCUT2D eigenvalue weighted by molar-refractivity contribution is 0.526. The molecule has 0 fully saturated rings. The Labute approximate surface area is 95.9 Å². The van der Waals surface area contributed by atoms with E-state index in [1.54, 1.807) is 0 Å². The van der Waals surface area contributed by atoms with Crippen LogP contribution in [0.15, 0.2) is 36.7 Å². The molecule has 0 saturated heterocycles. The Balaban J connectivity index is 2.14. The van der Waals surface area contributed by atoms with E-state index in [1.807, 2.05) is 36.1 Å². The number of rotatable bonds is 3. The average Bonchev–Trinajstić information content (AvgIpc) is 2.64. The summed E-state index contributed by atoms with van der Waals surface area (Å²) < 4.78 is 1.90. The molecule has 0 aliphatic heterocycles. The molecular weight excluding hydrogens is 198 g/mol. The third-order valence-corrected chi connectivity index (χ3v) is 2.73. The van der Waals surface area contributed by atoms with Crippen LogP contribution < -0.4 is 5.73 Å². The van der Waals surface area contributed by atoms with Crippen LogP contribution in [0.5, 0.6) is 0 Å². The van der Waals surface area contributed by atoms with Gasteiger partial charge in [-0.05, 0) is 30.5 Å². The molecule has 0 saturated carbocycles. The molecule has 2 rings (SSSR count). The number of aromatic nitrogens is 2. The van der Waals surface area contributed by atoms with E-state index in [0.29, 0.717) is 0 Å². The largest absolute Gasteiger partial charge is 0.322 e. The van der Waals surface area contributed by atoms with Crippen LogP contribution in [0.25, 0.3) is 0 Å². The normalized spacial score (nSPS) is 12.7. The van der Waals surface area contributed by atoms with E-state index < -0.39 is 0 Å². The summed E-state index contributed by atoms with van der Waals surface area (Å²) in [5, 5.41) is 4.25. The number of benzene rings is 1. The summed E-state index contributed by atoms with van der Waals surface area (Å²) >= 11 is 0. The molecule has 0 bridgehead atoms. The second-order valence-corrected chi connectivity index (χ2v) is 4.20. The van der Waals surface area contributed by atoms with Gasteiger partial charge in [-0.2, -0.15) is 5.10 Å². The first kappa shape index (κ1) is 10.9. The zero-order valence-electron chi connectivity index (χ0n) is 9.72. The van der Waals surface area contributed by atoms with E-state index in [1.165, 1.54) is 11.1 Å². The molecular formula is C13H17N3. The fraction of sp³-hybridized carbons (Fsp3) is 0.308. The highest BCUT2D eigenvalue weighted by atomic mass is 15.3. The quantitative estimate of drug-likeness (QED) is 0.853. The fourth-order valence-electron chi connectivity index (χ4n) is 1.87. The van der Waals surface area contributed by atoms with Crippen LogP contribution in [0.3, 0.4) is 0 Å². The van der Waals surface area contributed by atoms with Crippen molar-refractivity contribution < 1.29 is 0 Å². The van der Waals surface area contributed by atoms with Crippen molar-refractivity contribution in [2.24, 2.45) is 5.73 Å². The molecule has 1 aromatic heterocycles. The minimum atomic E-state index is 0.000463. The van der Waals surface area contributed by atoms with Crippen LogP contribution >= 0.6 is 0 Å². The van der Waals surface area contributed by atoms with Gasteiger partial charge in [0.05, 0.1) is 12.7 Å². The van der Waals surface area contributed by atoms with Gasteiger partial charge in [-0.3, -0.25) is 4.68 Å². The topological polar surface area (TPSA) is 43.8 Å². The minimum absolute atomic E-state index is 0.000463. The van der Waals surface area contributed by atoms with E-state index in [2.05, 4.69) is 24.2 Å². The summed E-state index contributed by atoms with van der Waals surface area (Å²) in [5.74, 6) is 0.